The van der Waals surface area contributed by atoms with E-state index >= 15 is 0 Å². The molecule has 8 aromatic carbocycles. The molecular formula is C59H51N3. The molecule has 0 radical (unpaired) electrons. The Kier molecular flexibility index (Phi) is 11.3. The van der Waals surface area contributed by atoms with Gasteiger partial charge in [0, 0.05) is 17.0 Å². The Balaban J connectivity index is 1.35. The SMILES string of the molecule is Cc1cc(C)c(C(c2cccc(C(c3cc(-c4ccccc4)cc(-c4ccccc4)c3)c3nc(-c4ccccc4)nc(-c4ccccc4)n3)c2)c2c(C)cc(C)cc2C)c(C)c1. The Morgan fingerprint density at radius 2 is 0.661 bits per heavy atom. The van der Waals surface area contributed by atoms with Gasteiger partial charge >= 0.3 is 0 Å². The lowest BCUT2D eigenvalue weighted by atomic mass is 9.76. The number of aryl methyl sites for hydroxylation is 6. The summed E-state index contributed by atoms with van der Waals surface area (Å²) in [5, 5.41) is 0. The number of nitrogens with zero attached hydrogens (tertiary/aromatic N) is 3. The summed E-state index contributed by atoms with van der Waals surface area (Å²) in [6, 6.07) is 67.5. The van der Waals surface area contributed by atoms with Crippen molar-refractivity contribution in [1.29, 1.82) is 0 Å². The zero-order valence-electron chi connectivity index (χ0n) is 36.4. The lowest BCUT2D eigenvalue weighted by molar-refractivity contribution is 0.833. The van der Waals surface area contributed by atoms with E-state index in [9.17, 15) is 0 Å². The maximum Gasteiger partial charge on any atom is 0.163 e. The predicted molar refractivity (Wildman–Crippen MR) is 258 cm³/mol. The summed E-state index contributed by atoms with van der Waals surface area (Å²) in [6.45, 7) is 13.5. The molecule has 3 heteroatoms. The predicted octanol–water partition coefficient (Wildman–Crippen LogP) is 14.8. The van der Waals surface area contributed by atoms with Gasteiger partial charge in [0.05, 0.1) is 5.92 Å². The van der Waals surface area contributed by atoms with E-state index in [0.717, 1.165) is 44.5 Å². The largest absolute Gasteiger partial charge is 0.212 e. The van der Waals surface area contributed by atoms with Gasteiger partial charge in [-0.1, -0.05) is 193 Å². The van der Waals surface area contributed by atoms with Crippen LogP contribution < -0.4 is 0 Å². The normalized spacial score (nSPS) is 11.8. The van der Waals surface area contributed by atoms with E-state index in [2.05, 4.69) is 193 Å². The van der Waals surface area contributed by atoms with Crippen LogP contribution in [0.15, 0.2) is 188 Å². The van der Waals surface area contributed by atoms with Gasteiger partial charge < -0.3 is 0 Å². The van der Waals surface area contributed by atoms with Crippen molar-refractivity contribution in [2.24, 2.45) is 0 Å². The quantitative estimate of drug-likeness (QED) is 0.129. The highest BCUT2D eigenvalue weighted by Gasteiger charge is 2.28. The minimum Gasteiger partial charge on any atom is -0.212 e. The van der Waals surface area contributed by atoms with Crippen molar-refractivity contribution < 1.29 is 0 Å². The summed E-state index contributed by atoms with van der Waals surface area (Å²) in [5.74, 6) is 1.64. The van der Waals surface area contributed by atoms with Gasteiger partial charge in [-0.2, -0.15) is 0 Å². The van der Waals surface area contributed by atoms with Crippen molar-refractivity contribution in [2.45, 2.75) is 53.4 Å². The molecule has 0 aliphatic heterocycles. The molecule has 0 saturated carbocycles. The molecule has 0 N–H and O–H groups in total. The Morgan fingerprint density at radius 3 is 1.06 bits per heavy atom. The van der Waals surface area contributed by atoms with Crippen molar-refractivity contribution in [3.05, 3.63) is 255 Å². The Hall–Kier alpha value is -7.23. The molecule has 62 heavy (non-hydrogen) atoms. The third kappa shape index (κ3) is 8.27. The Labute approximate surface area is 366 Å². The van der Waals surface area contributed by atoms with Gasteiger partial charge in [-0.15, -0.1) is 0 Å². The average molecular weight is 802 g/mol. The summed E-state index contributed by atoms with van der Waals surface area (Å²) < 4.78 is 0. The number of benzene rings is 8. The molecule has 9 rings (SSSR count). The van der Waals surface area contributed by atoms with Crippen LogP contribution in [0.5, 0.6) is 0 Å². The summed E-state index contributed by atoms with van der Waals surface area (Å²) in [5.41, 5.74) is 20.4. The number of hydrogen-bond acceptors (Lipinski definition) is 3. The Bertz CT molecular complexity index is 2660. The summed E-state index contributed by atoms with van der Waals surface area (Å²) >= 11 is 0. The molecule has 0 saturated heterocycles. The van der Waals surface area contributed by atoms with Crippen LogP contribution in [-0.2, 0) is 0 Å². The fraction of sp³-hybridized carbons (Fsp3) is 0.136. The summed E-state index contributed by atoms with van der Waals surface area (Å²) in [4.78, 5) is 16.0. The first-order valence-corrected chi connectivity index (χ1v) is 21.6. The van der Waals surface area contributed by atoms with E-state index < -0.39 is 0 Å². The lowest BCUT2D eigenvalue weighted by Gasteiger charge is -2.28. The highest BCUT2D eigenvalue weighted by Crippen LogP contribution is 2.43. The molecule has 0 spiro atoms. The van der Waals surface area contributed by atoms with Crippen LogP contribution in [0.3, 0.4) is 0 Å². The van der Waals surface area contributed by atoms with Gasteiger partial charge in [0.25, 0.3) is 0 Å². The lowest BCUT2D eigenvalue weighted by Crippen LogP contribution is -2.14. The fourth-order valence-corrected chi connectivity index (χ4v) is 9.55. The van der Waals surface area contributed by atoms with Crippen molar-refractivity contribution in [1.82, 2.24) is 15.0 Å². The van der Waals surface area contributed by atoms with Gasteiger partial charge in [0.15, 0.2) is 11.6 Å². The van der Waals surface area contributed by atoms with Gasteiger partial charge in [-0.25, -0.2) is 15.0 Å². The van der Waals surface area contributed by atoms with Crippen molar-refractivity contribution in [3.63, 3.8) is 0 Å². The molecule has 0 aliphatic carbocycles. The highest BCUT2D eigenvalue weighted by molar-refractivity contribution is 5.75. The van der Waals surface area contributed by atoms with Crippen LogP contribution in [0.25, 0.3) is 45.0 Å². The number of hydrogen-bond donors (Lipinski definition) is 0. The highest BCUT2D eigenvalue weighted by atomic mass is 15.0. The Morgan fingerprint density at radius 1 is 0.290 bits per heavy atom. The third-order valence-corrected chi connectivity index (χ3v) is 12.1. The zero-order chi connectivity index (χ0) is 42.7. The fourth-order valence-electron chi connectivity index (χ4n) is 9.55. The van der Waals surface area contributed by atoms with Crippen LogP contribution in [0, 0.1) is 41.5 Å². The molecule has 3 nitrogen and oxygen atoms in total. The molecule has 302 valence electrons. The smallest absolute Gasteiger partial charge is 0.163 e. The van der Waals surface area contributed by atoms with Crippen LogP contribution >= 0.6 is 0 Å². The van der Waals surface area contributed by atoms with Crippen molar-refractivity contribution in [3.8, 4) is 45.0 Å². The second-order valence-corrected chi connectivity index (χ2v) is 16.8. The zero-order valence-corrected chi connectivity index (χ0v) is 36.4. The second-order valence-electron chi connectivity index (χ2n) is 16.8. The summed E-state index contributed by atoms with van der Waals surface area (Å²) in [6.07, 6.45) is 0. The van der Waals surface area contributed by atoms with E-state index in [-0.39, 0.29) is 11.8 Å². The molecule has 0 fully saturated rings. The standard InChI is InChI=1S/C59H51N3/c1-38-30-40(3)53(41(4)31-38)56(54-42(5)32-39(2)33-43(54)6)49-29-19-28-48(34-49)55(52-36-50(44-20-11-7-12-21-44)35-51(37-52)45-22-13-8-14-23-45)59-61-57(46-24-15-9-16-25-46)60-58(62-59)47-26-17-10-18-27-47/h7-37,55-56H,1-6H3. The van der Waals surface area contributed by atoms with Crippen LogP contribution in [0.1, 0.15) is 78.9 Å². The van der Waals surface area contributed by atoms with Gasteiger partial charge in [-0.3, -0.25) is 0 Å². The van der Waals surface area contributed by atoms with Crippen LogP contribution in [-0.4, -0.2) is 15.0 Å². The van der Waals surface area contributed by atoms with E-state index in [0.29, 0.717) is 17.5 Å². The maximum atomic E-state index is 5.43. The molecular weight excluding hydrogens is 751 g/mol. The molecule has 0 aliphatic rings. The molecule has 1 atom stereocenters. The van der Waals surface area contributed by atoms with Crippen molar-refractivity contribution >= 4 is 0 Å². The van der Waals surface area contributed by atoms with Crippen molar-refractivity contribution in [2.75, 3.05) is 0 Å². The maximum absolute atomic E-state index is 5.43. The molecule has 1 aromatic heterocycles. The van der Waals surface area contributed by atoms with E-state index in [1.165, 1.54) is 50.1 Å². The first-order valence-electron chi connectivity index (χ1n) is 21.6. The van der Waals surface area contributed by atoms with Crippen LogP contribution in [0.2, 0.25) is 0 Å². The molecule has 0 amide bonds. The van der Waals surface area contributed by atoms with Gasteiger partial charge in [-0.05, 0) is 120 Å². The average Bonchev–Trinajstić information content (AvgIpc) is 3.29. The van der Waals surface area contributed by atoms with Crippen LogP contribution in [0.4, 0.5) is 0 Å². The monoisotopic (exact) mass is 801 g/mol. The first kappa shape index (κ1) is 40.2. The van der Waals surface area contributed by atoms with E-state index in [1.807, 2.05) is 36.4 Å². The minimum absolute atomic E-state index is 0.00505. The molecule has 0 bridgehead atoms. The third-order valence-electron chi connectivity index (χ3n) is 12.1. The number of rotatable bonds is 10. The summed E-state index contributed by atoms with van der Waals surface area (Å²) in [7, 11) is 0. The van der Waals surface area contributed by atoms with E-state index in [1.54, 1.807) is 0 Å². The second kappa shape index (κ2) is 17.4. The van der Waals surface area contributed by atoms with Gasteiger partial charge in [0.1, 0.15) is 5.82 Å². The number of aromatic nitrogens is 3. The van der Waals surface area contributed by atoms with E-state index in [4.69, 9.17) is 15.0 Å². The molecule has 1 heterocycles. The first-order chi connectivity index (χ1) is 30.2. The molecule has 1 unspecified atom stereocenters. The minimum atomic E-state index is -0.352. The van der Waals surface area contributed by atoms with Gasteiger partial charge in [0.2, 0.25) is 0 Å². The topological polar surface area (TPSA) is 38.7 Å². The molecule has 9 aromatic rings.